The third-order valence-electron chi connectivity index (χ3n) is 2.21. The van der Waals surface area contributed by atoms with Crippen LogP contribution < -0.4 is 11.1 Å². The summed E-state index contributed by atoms with van der Waals surface area (Å²) in [5.74, 6) is 0. The standard InChI is InChI=1S/C10H13F3N2O.CH3F/c1-15-8-4-6(10(13)16-2)5(9(11)12)3-7(8)14;1-2/h3-4,9-10,15H,14H2,1-2H3;1H3. The lowest BCUT2D eigenvalue weighted by Gasteiger charge is -2.15. The highest BCUT2D eigenvalue weighted by Crippen LogP contribution is 2.35. The predicted octanol–water partition coefficient (Wildman–Crippen LogP) is 3.45. The number of alkyl halides is 4. The molecule has 0 heterocycles. The van der Waals surface area contributed by atoms with Crippen LogP contribution >= 0.6 is 0 Å². The van der Waals surface area contributed by atoms with Gasteiger partial charge < -0.3 is 15.8 Å². The number of halogens is 4. The Balaban J connectivity index is 0.00000137. The van der Waals surface area contributed by atoms with Gasteiger partial charge in [0.2, 0.25) is 6.36 Å². The minimum atomic E-state index is -2.79. The van der Waals surface area contributed by atoms with Crippen molar-refractivity contribution in [3.05, 3.63) is 23.3 Å². The molecule has 3 nitrogen and oxygen atoms in total. The molecular formula is C11H16F4N2O. The molecule has 18 heavy (non-hydrogen) atoms. The van der Waals surface area contributed by atoms with Crippen molar-refractivity contribution >= 4 is 11.4 Å². The normalized spacial score (nSPS) is 11.8. The van der Waals surface area contributed by atoms with Crippen LogP contribution in [0.25, 0.3) is 0 Å². The molecule has 1 rings (SSSR count). The Morgan fingerprint density at radius 3 is 2.11 bits per heavy atom. The fraction of sp³-hybridized carbons (Fsp3) is 0.455. The predicted molar refractivity (Wildman–Crippen MR) is 63.2 cm³/mol. The molecule has 0 aliphatic carbocycles. The molecule has 1 atom stereocenters. The van der Waals surface area contributed by atoms with Crippen LogP contribution in [-0.4, -0.2) is 21.3 Å². The first-order valence-corrected chi connectivity index (χ1v) is 4.95. The van der Waals surface area contributed by atoms with Gasteiger partial charge in [-0.25, -0.2) is 13.2 Å². The second-order valence-electron chi connectivity index (χ2n) is 3.17. The lowest BCUT2D eigenvalue weighted by atomic mass is 10.1. The van der Waals surface area contributed by atoms with Crippen molar-refractivity contribution in [1.29, 1.82) is 0 Å². The highest BCUT2D eigenvalue weighted by Gasteiger charge is 2.21. The molecule has 3 N–H and O–H groups in total. The quantitative estimate of drug-likeness (QED) is 0.649. The van der Waals surface area contributed by atoms with Crippen LogP contribution in [0.5, 0.6) is 0 Å². The summed E-state index contributed by atoms with van der Waals surface area (Å²) in [6.07, 6.45) is -4.69. The molecule has 1 unspecified atom stereocenters. The number of benzene rings is 1. The Kier molecular flexibility index (Phi) is 7.11. The Labute approximate surface area is 103 Å². The van der Waals surface area contributed by atoms with Crippen molar-refractivity contribution in [3.63, 3.8) is 0 Å². The van der Waals surface area contributed by atoms with Gasteiger partial charge >= 0.3 is 0 Å². The molecule has 1 aromatic carbocycles. The topological polar surface area (TPSA) is 47.3 Å². The lowest BCUT2D eigenvalue weighted by molar-refractivity contribution is -0.00961. The number of ether oxygens (including phenoxy) is 1. The molecule has 0 saturated heterocycles. The highest BCUT2D eigenvalue weighted by molar-refractivity contribution is 5.68. The number of anilines is 2. The molecule has 0 fully saturated rings. The van der Waals surface area contributed by atoms with Crippen molar-refractivity contribution in [2.75, 3.05) is 32.4 Å². The first-order chi connectivity index (χ1) is 8.51. The summed E-state index contributed by atoms with van der Waals surface area (Å²) >= 11 is 0. The third kappa shape index (κ3) is 3.76. The maximum absolute atomic E-state index is 13.3. The average Bonchev–Trinajstić information content (AvgIpc) is 2.39. The number of nitrogens with two attached hydrogens (primary N) is 1. The monoisotopic (exact) mass is 268 g/mol. The van der Waals surface area contributed by atoms with Gasteiger partial charge in [-0.05, 0) is 12.1 Å². The van der Waals surface area contributed by atoms with Gasteiger partial charge in [0.15, 0.2) is 0 Å². The van der Waals surface area contributed by atoms with Crippen LogP contribution in [0.15, 0.2) is 12.1 Å². The van der Waals surface area contributed by atoms with Crippen molar-refractivity contribution in [2.45, 2.75) is 12.8 Å². The molecular weight excluding hydrogens is 252 g/mol. The molecule has 0 bridgehead atoms. The van der Waals surface area contributed by atoms with E-state index in [1.54, 1.807) is 7.05 Å². The van der Waals surface area contributed by atoms with E-state index in [1.807, 2.05) is 0 Å². The number of hydrogen-bond acceptors (Lipinski definition) is 3. The van der Waals surface area contributed by atoms with Crippen molar-refractivity contribution < 1.29 is 22.3 Å². The second-order valence-corrected chi connectivity index (χ2v) is 3.17. The lowest BCUT2D eigenvalue weighted by Crippen LogP contribution is -2.05. The number of hydrogen-bond donors (Lipinski definition) is 2. The van der Waals surface area contributed by atoms with Crippen molar-refractivity contribution in [1.82, 2.24) is 0 Å². The van der Waals surface area contributed by atoms with Gasteiger partial charge in [0.05, 0.1) is 18.6 Å². The molecule has 0 aromatic heterocycles. The van der Waals surface area contributed by atoms with E-state index in [2.05, 4.69) is 10.1 Å². The van der Waals surface area contributed by atoms with Gasteiger partial charge in [-0.2, -0.15) is 0 Å². The second kappa shape index (κ2) is 7.75. The molecule has 0 aliphatic rings. The molecule has 0 saturated carbocycles. The van der Waals surface area contributed by atoms with E-state index in [4.69, 9.17) is 5.73 Å². The van der Waals surface area contributed by atoms with E-state index in [1.165, 1.54) is 6.07 Å². The van der Waals surface area contributed by atoms with E-state index < -0.39 is 18.3 Å². The van der Waals surface area contributed by atoms with E-state index in [9.17, 15) is 17.6 Å². The molecule has 0 aliphatic heterocycles. The summed E-state index contributed by atoms with van der Waals surface area (Å²) in [5, 5.41) is 2.69. The third-order valence-corrected chi connectivity index (χ3v) is 2.21. The van der Waals surface area contributed by atoms with Crippen molar-refractivity contribution in [2.24, 2.45) is 0 Å². The highest BCUT2D eigenvalue weighted by atomic mass is 19.3. The summed E-state index contributed by atoms with van der Waals surface area (Å²) in [6, 6.07) is 2.28. The minimum absolute atomic E-state index is 0.143. The van der Waals surface area contributed by atoms with Crippen LogP contribution in [0.1, 0.15) is 23.9 Å². The number of methoxy groups -OCH3 is 1. The SMILES string of the molecule is CF.CNc1cc(C(F)OC)c(C(F)F)cc1N. The van der Waals surface area contributed by atoms with Gasteiger partial charge in [0.25, 0.3) is 6.43 Å². The summed E-state index contributed by atoms with van der Waals surface area (Å²) in [6.45, 7) is 0. The fourth-order valence-electron chi connectivity index (χ4n) is 1.38. The zero-order valence-corrected chi connectivity index (χ0v) is 10.3. The summed E-state index contributed by atoms with van der Waals surface area (Å²) in [7, 11) is 3.17. The summed E-state index contributed by atoms with van der Waals surface area (Å²) in [4.78, 5) is 0. The first kappa shape index (κ1) is 16.5. The largest absolute Gasteiger partial charge is 0.397 e. The molecule has 0 radical (unpaired) electrons. The number of rotatable bonds is 4. The molecule has 7 heteroatoms. The maximum atomic E-state index is 13.3. The number of nitrogen functional groups attached to an aromatic ring is 1. The Bertz CT molecular complexity index is 374. The first-order valence-electron chi connectivity index (χ1n) is 4.95. The van der Waals surface area contributed by atoms with E-state index >= 15 is 0 Å². The van der Waals surface area contributed by atoms with E-state index in [0.29, 0.717) is 12.9 Å². The summed E-state index contributed by atoms with van der Waals surface area (Å²) < 4.78 is 52.5. The van der Waals surface area contributed by atoms with Crippen LogP contribution in [0.4, 0.5) is 28.9 Å². The Hall–Kier alpha value is -1.50. The molecule has 0 amide bonds. The van der Waals surface area contributed by atoms with Crippen LogP contribution in [0.3, 0.4) is 0 Å². The molecule has 1 aromatic rings. The van der Waals surface area contributed by atoms with Crippen molar-refractivity contribution in [3.8, 4) is 0 Å². The zero-order chi connectivity index (χ0) is 14.3. The number of nitrogens with one attached hydrogen (secondary N) is 1. The van der Waals surface area contributed by atoms with Gasteiger partial charge in [-0.15, -0.1) is 0 Å². The maximum Gasteiger partial charge on any atom is 0.264 e. The molecule has 0 spiro atoms. The summed E-state index contributed by atoms with van der Waals surface area (Å²) in [5.41, 5.74) is 5.39. The van der Waals surface area contributed by atoms with Crippen LogP contribution in [0.2, 0.25) is 0 Å². The van der Waals surface area contributed by atoms with Gasteiger partial charge in [-0.1, -0.05) is 0 Å². The van der Waals surface area contributed by atoms with Crippen LogP contribution in [-0.2, 0) is 4.74 Å². The van der Waals surface area contributed by atoms with E-state index in [0.717, 1.165) is 13.2 Å². The van der Waals surface area contributed by atoms with Gasteiger partial charge in [0, 0.05) is 25.3 Å². The molecule has 104 valence electrons. The average molecular weight is 268 g/mol. The smallest absolute Gasteiger partial charge is 0.264 e. The minimum Gasteiger partial charge on any atom is -0.397 e. The van der Waals surface area contributed by atoms with Gasteiger partial charge in [0.1, 0.15) is 0 Å². The zero-order valence-electron chi connectivity index (χ0n) is 10.3. The van der Waals surface area contributed by atoms with E-state index in [-0.39, 0.29) is 11.3 Å². The Morgan fingerprint density at radius 1 is 1.17 bits per heavy atom. The van der Waals surface area contributed by atoms with Gasteiger partial charge in [-0.3, -0.25) is 4.39 Å². The van der Waals surface area contributed by atoms with Crippen LogP contribution in [0, 0.1) is 0 Å². The fourth-order valence-corrected chi connectivity index (χ4v) is 1.38. The Morgan fingerprint density at radius 2 is 1.72 bits per heavy atom.